The third-order valence-electron chi connectivity index (χ3n) is 6.62. The summed E-state index contributed by atoms with van der Waals surface area (Å²) in [6.45, 7) is 0.143. The topological polar surface area (TPSA) is 114 Å². The summed E-state index contributed by atoms with van der Waals surface area (Å²) >= 11 is 0. The highest BCUT2D eigenvalue weighted by Gasteiger charge is 2.34. The molecule has 0 aliphatic heterocycles. The summed E-state index contributed by atoms with van der Waals surface area (Å²) in [5, 5.41) is 5.36. The van der Waals surface area contributed by atoms with Crippen molar-refractivity contribution >= 4 is 39.9 Å². The maximum atomic E-state index is 14.0. The summed E-state index contributed by atoms with van der Waals surface area (Å²) in [6.07, 6.45) is 0. The van der Waals surface area contributed by atoms with E-state index in [1.165, 1.54) is 38.5 Å². The van der Waals surface area contributed by atoms with E-state index in [4.69, 9.17) is 9.47 Å². The van der Waals surface area contributed by atoms with Gasteiger partial charge in [0.15, 0.2) is 11.5 Å². The van der Waals surface area contributed by atoms with E-state index in [1.807, 2.05) is 30.3 Å². The van der Waals surface area contributed by atoms with Crippen LogP contribution in [0, 0.1) is 11.6 Å². The third kappa shape index (κ3) is 8.96. The molecular formula is C33H31F2N3O6S. The predicted molar refractivity (Wildman–Crippen MR) is 167 cm³/mol. The van der Waals surface area contributed by atoms with E-state index in [-0.39, 0.29) is 12.2 Å². The second-order valence-corrected chi connectivity index (χ2v) is 11.2. The van der Waals surface area contributed by atoms with Crippen molar-refractivity contribution in [2.24, 2.45) is 0 Å². The summed E-state index contributed by atoms with van der Waals surface area (Å²) in [6, 6.07) is 22.5. The number of halogens is 2. The van der Waals surface area contributed by atoms with E-state index >= 15 is 0 Å². The number of ether oxygens (including phenoxy) is 2. The molecule has 0 aromatic heterocycles. The highest BCUT2D eigenvalue weighted by Crippen LogP contribution is 2.34. The molecule has 0 saturated carbocycles. The Bertz CT molecular complexity index is 1650. The van der Waals surface area contributed by atoms with Crippen molar-refractivity contribution in [3.8, 4) is 11.5 Å². The SMILES string of the molecule is COc1ccc([C@@H](C(=O)NCc2ccccc2)N(C(=O)C[S@@](=O)CC(=O)Nc2ccc(F)cc2)c2ccc(F)cc2)cc1OC. The molecule has 0 saturated heterocycles. The van der Waals surface area contributed by atoms with E-state index in [9.17, 15) is 27.4 Å². The largest absolute Gasteiger partial charge is 0.493 e. The Hall–Kier alpha value is -5.10. The molecule has 0 aliphatic rings. The molecule has 0 heterocycles. The number of hydrogen-bond donors (Lipinski definition) is 2. The molecule has 3 amide bonds. The molecule has 2 atom stereocenters. The number of rotatable bonds is 13. The van der Waals surface area contributed by atoms with Gasteiger partial charge in [0.2, 0.25) is 17.7 Å². The van der Waals surface area contributed by atoms with Gasteiger partial charge in [-0.15, -0.1) is 0 Å². The van der Waals surface area contributed by atoms with Crippen LogP contribution in [-0.2, 0) is 31.7 Å². The van der Waals surface area contributed by atoms with Gasteiger partial charge in [0, 0.05) is 28.7 Å². The number of amides is 3. The van der Waals surface area contributed by atoms with Crippen molar-refractivity contribution in [2.75, 3.05) is 35.9 Å². The zero-order valence-corrected chi connectivity index (χ0v) is 25.3. The molecule has 12 heteroatoms. The number of hydrogen-bond acceptors (Lipinski definition) is 6. The predicted octanol–water partition coefficient (Wildman–Crippen LogP) is 4.76. The zero-order valence-electron chi connectivity index (χ0n) is 24.5. The lowest BCUT2D eigenvalue weighted by atomic mass is 10.0. The fourth-order valence-electron chi connectivity index (χ4n) is 4.50. The van der Waals surface area contributed by atoms with Gasteiger partial charge in [0.25, 0.3) is 0 Å². The minimum Gasteiger partial charge on any atom is -0.493 e. The van der Waals surface area contributed by atoms with Crippen molar-refractivity contribution in [3.63, 3.8) is 0 Å². The van der Waals surface area contributed by atoms with Gasteiger partial charge in [0.1, 0.15) is 29.2 Å². The minimum absolute atomic E-state index is 0.143. The number of carbonyl (C=O) groups excluding carboxylic acids is 3. The van der Waals surface area contributed by atoms with E-state index in [0.29, 0.717) is 22.7 Å². The van der Waals surface area contributed by atoms with Gasteiger partial charge in [-0.3, -0.25) is 23.5 Å². The van der Waals surface area contributed by atoms with Crippen LogP contribution in [0.3, 0.4) is 0 Å². The van der Waals surface area contributed by atoms with Crippen LogP contribution in [0.2, 0.25) is 0 Å². The molecule has 0 radical (unpaired) electrons. The van der Waals surface area contributed by atoms with Crippen LogP contribution in [0.1, 0.15) is 17.2 Å². The first-order valence-electron chi connectivity index (χ1n) is 13.7. The number of nitrogens with zero attached hydrogens (tertiary/aromatic N) is 1. The summed E-state index contributed by atoms with van der Waals surface area (Å²) in [4.78, 5) is 41.5. The van der Waals surface area contributed by atoms with Crippen LogP contribution in [0.15, 0.2) is 97.1 Å². The molecule has 45 heavy (non-hydrogen) atoms. The van der Waals surface area contributed by atoms with Crippen LogP contribution >= 0.6 is 0 Å². The zero-order chi connectivity index (χ0) is 32.3. The minimum atomic E-state index is -2.02. The molecule has 0 aliphatic carbocycles. The standard InChI is InChI=1S/C33H31F2N3O6S/c1-43-28-17-8-23(18-29(28)44-2)32(33(41)36-19-22-6-4-3-5-7-22)38(27-15-11-25(35)12-16-27)31(40)21-45(42)20-30(39)37-26-13-9-24(34)10-14-26/h3-18,32H,19-21H2,1-2H3,(H,36,41)(H,37,39)/t32-,45-/m0/s1. The molecule has 0 bridgehead atoms. The van der Waals surface area contributed by atoms with E-state index < -0.39 is 57.7 Å². The average molecular weight is 636 g/mol. The first kappa shape index (κ1) is 32.8. The van der Waals surface area contributed by atoms with Crippen LogP contribution in [-0.4, -0.2) is 47.7 Å². The lowest BCUT2D eigenvalue weighted by Gasteiger charge is -2.32. The van der Waals surface area contributed by atoms with Gasteiger partial charge in [-0.1, -0.05) is 36.4 Å². The summed E-state index contributed by atoms with van der Waals surface area (Å²) in [5.41, 5.74) is 1.59. The molecule has 4 rings (SSSR count). The molecular weight excluding hydrogens is 604 g/mol. The Morgan fingerprint density at radius 3 is 2.04 bits per heavy atom. The Morgan fingerprint density at radius 2 is 1.42 bits per heavy atom. The lowest BCUT2D eigenvalue weighted by Crippen LogP contribution is -2.45. The quantitative estimate of drug-likeness (QED) is 0.219. The molecule has 4 aromatic rings. The second-order valence-electron chi connectivity index (χ2n) is 9.74. The monoisotopic (exact) mass is 635 g/mol. The number of methoxy groups -OCH3 is 2. The van der Waals surface area contributed by atoms with E-state index in [0.717, 1.165) is 34.7 Å². The van der Waals surface area contributed by atoms with Crippen molar-refractivity contribution in [3.05, 3.63) is 120 Å². The lowest BCUT2D eigenvalue weighted by molar-refractivity contribution is -0.126. The summed E-state index contributed by atoms with van der Waals surface area (Å²) in [7, 11) is 0.866. The number of benzene rings is 4. The summed E-state index contributed by atoms with van der Waals surface area (Å²) in [5.74, 6) is -3.54. The van der Waals surface area contributed by atoms with E-state index in [2.05, 4.69) is 10.6 Å². The van der Waals surface area contributed by atoms with Gasteiger partial charge in [-0.05, 0) is 71.8 Å². The van der Waals surface area contributed by atoms with Gasteiger partial charge >= 0.3 is 0 Å². The first-order chi connectivity index (χ1) is 21.7. The van der Waals surface area contributed by atoms with Crippen LogP contribution < -0.4 is 25.0 Å². The fraction of sp³-hybridized carbons (Fsp3) is 0.182. The Labute approximate surface area is 261 Å². The summed E-state index contributed by atoms with van der Waals surface area (Å²) < 4.78 is 51.0. The molecule has 4 aromatic carbocycles. The van der Waals surface area contributed by atoms with Crippen LogP contribution in [0.4, 0.5) is 20.2 Å². The van der Waals surface area contributed by atoms with Gasteiger partial charge in [-0.2, -0.15) is 0 Å². The number of anilines is 2. The van der Waals surface area contributed by atoms with Crippen LogP contribution in [0.25, 0.3) is 0 Å². The molecule has 234 valence electrons. The van der Waals surface area contributed by atoms with Crippen molar-refractivity contribution in [2.45, 2.75) is 12.6 Å². The molecule has 0 fully saturated rings. The highest BCUT2D eigenvalue weighted by atomic mass is 32.2. The van der Waals surface area contributed by atoms with Crippen LogP contribution in [0.5, 0.6) is 11.5 Å². The van der Waals surface area contributed by atoms with Crippen molar-refractivity contribution in [1.82, 2.24) is 5.32 Å². The second kappa shape index (κ2) is 15.6. The van der Waals surface area contributed by atoms with Gasteiger partial charge in [-0.25, -0.2) is 8.78 Å². The maximum Gasteiger partial charge on any atom is 0.248 e. The van der Waals surface area contributed by atoms with Crippen molar-refractivity contribution < 1.29 is 36.8 Å². The number of carbonyl (C=O) groups is 3. The number of nitrogens with one attached hydrogen (secondary N) is 2. The normalized spacial score (nSPS) is 12.0. The average Bonchev–Trinajstić information content (AvgIpc) is 3.04. The third-order valence-corrected chi connectivity index (χ3v) is 7.77. The van der Waals surface area contributed by atoms with Gasteiger partial charge < -0.3 is 20.1 Å². The smallest absolute Gasteiger partial charge is 0.248 e. The van der Waals surface area contributed by atoms with Gasteiger partial charge in [0.05, 0.1) is 14.2 Å². The molecule has 9 nitrogen and oxygen atoms in total. The molecule has 2 N–H and O–H groups in total. The Morgan fingerprint density at radius 1 is 0.800 bits per heavy atom. The maximum absolute atomic E-state index is 14.0. The molecule has 0 spiro atoms. The Kier molecular flexibility index (Phi) is 11.4. The fourth-order valence-corrected chi connectivity index (χ4v) is 5.38. The Balaban J connectivity index is 1.66. The first-order valence-corrected chi connectivity index (χ1v) is 15.2. The van der Waals surface area contributed by atoms with Crippen molar-refractivity contribution in [1.29, 1.82) is 0 Å². The molecule has 0 unspecified atom stereocenters. The highest BCUT2D eigenvalue weighted by molar-refractivity contribution is 7.86. The van der Waals surface area contributed by atoms with E-state index in [1.54, 1.807) is 18.2 Å².